The third-order valence-electron chi connectivity index (χ3n) is 12.1. The van der Waals surface area contributed by atoms with E-state index in [2.05, 4.69) is 36.3 Å². The van der Waals surface area contributed by atoms with Crippen LogP contribution in [0.25, 0.3) is 0 Å². The number of carbonyl (C=O) groups excluding carboxylic acids is 2. The molecule has 0 aliphatic rings. The van der Waals surface area contributed by atoms with Crippen LogP contribution in [0, 0.1) is 0 Å². The van der Waals surface area contributed by atoms with E-state index in [1.165, 1.54) is 109 Å². The van der Waals surface area contributed by atoms with Crippen molar-refractivity contribution in [1.82, 2.24) is 4.90 Å². The van der Waals surface area contributed by atoms with Crippen molar-refractivity contribution in [1.29, 1.82) is 0 Å². The molecule has 0 aliphatic heterocycles. The lowest BCUT2D eigenvalue weighted by molar-refractivity contribution is -0.150. The number of nitrogens with one attached hydrogen (secondary N) is 2. The van der Waals surface area contributed by atoms with Crippen molar-refractivity contribution in [2.24, 2.45) is 0 Å². The number of rotatable bonds is 46. The first-order valence-corrected chi connectivity index (χ1v) is 25.8. The Balaban J connectivity index is 2.34. The molecular formula is C51H95N3O7. The van der Waals surface area contributed by atoms with Crippen LogP contribution >= 0.6 is 0 Å². The summed E-state index contributed by atoms with van der Waals surface area (Å²) in [6.07, 6.45) is 38.5. The molecular weight excluding hydrogens is 767 g/mol. The van der Waals surface area contributed by atoms with E-state index in [1.807, 2.05) is 0 Å². The molecule has 10 nitrogen and oxygen atoms in total. The highest BCUT2D eigenvalue weighted by atomic mass is 16.7. The SMILES string of the molecule is CCCCCCCCCCCOC(=O)OCCCCCCN(CCCCCCCC(=O)OC(CCCCCCCC)CCCCCCCC)CCCNc1c(NC)c(=O)c1=O. The Morgan fingerprint density at radius 2 is 0.885 bits per heavy atom. The normalized spacial score (nSPS) is 11.5. The Kier molecular flexibility index (Phi) is 38.3. The van der Waals surface area contributed by atoms with Gasteiger partial charge in [-0.1, -0.05) is 168 Å². The van der Waals surface area contributed by atoms with Crippen LogP contribution in [-0.4, -0.2) is 69.6 Å². The molecule has 0 fully saturated rings. The lowest BCUT2D eigenvalue weighted by Crippen LogP contribution is -2.37. The van der Waals surface area contributed by atoms with Crippen molar-refractivity contribution < 1.29 is 23.8 Å². The fourth-order valence-corrected chi connectivity index (χ4v) is 8.15. The molecule has 0 atom stereocenters. The molecule has 2 N–H and O–H groups in total. The van der Waals surface area contributed by atoms with Gasteiger partial charge in [0.15, 0.2) is 0 Å². The topological polar surface area (TPSA) is 123 Å². The molecule has 0 saturated carbocycles. The Morgan fingerprint density at radius 1 is 0.492 bits per heavy atom. The van der Waals surface area contributed by atoms with Gasteiger partial charge < -0.3 is 29.7 Å². The minimum atomic E-state index is -0.545. The summed E-state index contributed by atoms with van der Waals surface area (Å²) in [5.74, 6) is -0.0110. The Labute approximate surface area is 373 Å². The molecule has 0 bridgehead atoms. The molecule has 0 unspecified atom stereocenters. The van der Waals surface area contributed by atoms with Crippen LogP contribution in [0.3, 0.4) is 0 Å². The first-order chi connectivity index (χ1) is 29.9. The number of ether oxygens (including phenoxy) is 3. The lowest BCUT2D eigenvalue weighted by Gasteiger charge is -2.23. The van der Waals surface area contributed by atoms with Gasteiger partial charge in [0.25, 0.3) is 10.9 Å². The van der Waals surface area contributed by atoms with Crippen LogP contribution < -0.4 is 21.5 Å². The van der Waals surface area contributed by atoms with Gasteiger partial charge in [0.05, 0.1) is 13.2 Å². The van der Waals surface area contributed by atoms with Gasteiger partial charge in [0, 0.05) is 20.0 Å². The first-order valence-electron chi connectivity index (χ1n) is 25.8. The molecule has 10 heteroatoms. The van der Waals surface area contributed by atoms with E-state index in [-0.39, 0.29) is 12.1 Å². The summed E-state index contributed by atoms with van der Waals surface area (Å²) in [5.41, 5.74) is -0.0984. The summed E-state index contributed by atoms with van der Waals surface area (Å²) in [6.45, 7) is 11.1. The second-order valence-electron chi connectivity index (χ2n) is 17.7. The summed E-state index contributed by atoms with van der Waals surface area (Å²) in [7, 11) is 1.66. The molecule has 1 aromatic carbocycles. The maximum Gasteiger partial charge on any atom is 0.508 e. The highest BCUT2D eigenvalue weighted by Crippen LogP contribution is 2.19. The van der Waals surface area contributed by atoms with Crippen molar-refractivity contribution in [2.45, 2.75) is 245 Å². The second kappa shape index (κ2) is 41.4. The van der Waals surface area contributed by atoms with Crippen molar-refractivity contribution in [3.8, 4) is 0 Å². The predicted octanol–water partition coefficient (Wildman–Crippen LogP) is 13.4. The Morgan fingerprint density at radius 3 is 1.36 bits per heavy atom. The van der Waals surface area contributed by atoms with Crippen molar-refractivity contribution in [2.75, 3.05) is 57.1 Å². The number of carbonyl (C=O) groups is 2. The van der Waals surface area contributed by atoms with Crippen LogP contribution in [0.1, 0.15) is 239 Å². The fourth-order valence-electron chi connectivity index (χ4n) is 8.15. The first kappa shape index (κ1) is 56.4. The molecule has 61 heavy (non-hydrogen) atoms. The van der Waals surface area contributed by atoms with Crippen LogP contribution in [-0.2, 0) is 19.0 Å². The average Bonchev–Trinajstić information content (AvgIpc) is 3.26. The second-order valence-corrected chi connectivity index (χ2v) is 17.7. The smallest absolute Gasteiger partial charge is 0.462 e. The van der Waals surface area contributed by atoms with E-state index in [9.17, 15) is 19.2 Å². The number of nitrogens with zero attached hydrogens (tertiary/aromatic N) is 1. The van der Waals surface area contributed by atoms with E-state index in [4.69, 9.17) is 14.2 Å². The quantitative estimate of drug-likeness (QED) is 0.0372. The molecule has 0 saturated heterocycles. The maximum absolute atomic E-state index is 12.9. The number of hydrogen-bond acceptors (Lipinski definition) is 10. The highest BCUT2D eigenvalue weighted by Gasteiger charge is 2.19. The maximum atomic E-state index is 12.9. The van der Waals surface area contributed by atoms with Gasteiger partial charge in [-0.25, -0.2) is 4.79 Å². The van der Waals surface area contributed by atoms with Gasteiger partial charge in [-0.15, -0.1) is 0 Å². The molecule has 0 aliphatic carbocycles. The van der Waals surface area contributed by atoms with Gasteiger partial charge in [0.2, 0.25) is 0 Å². The van der Waals surface area contributed by atoms with E-state index in [1.54, 1.807) is 7.05 Å². The summed E-state index contributed by atoms with van der Waals surface area (Å²) in [5, 5.41) is 5.99. The highest BCUT2D eigenvalue weighted by molar-refractivity contribution is 5.73. The average molecular weight is 862 g/mol. The molecule has 0 heterocycles. The Hall–Kier alpha value is -2.62. The predicted molar refractivity (Wildman–Crippen MR) is 257 cm³/mol. The zero-order valence-electron chi connectivity index (χ0n) is 40.2. The zero-order valence-corrected chi connectivity index (χ0v) is 40.2. The molecule has 0 radical (unpaired) electrons. The van der Waals surface area contributed by atoms with E-state index in [0.717, 1.165) is 122 Å². The fraction of sp³-hybridized carbons (Fsp3) is 0.882. The molecule has 0 amide bonds. The third-order valence-corrected chi connectivity index (χ3v) is 12.1. The van der Waals surface area contributed by atoms with Crippen LogP contribution in [0.15, 0.2) is 9.59 Å². The minimum absolute atomic E-state index is 0.0110. The molecule has 0 spiro atoms. The largest absolute Gasteiger partial charge is 0.508 e. The van der Waals surface area contributed by atoms with Crippen molar-refractivity contribution in [3.63, 3.8) is 0 Å². The van der Waals surface area contributed by atoms with Gasteiger partial charge in [0.1, 0.15) is 17.5 Å². The van der Waals surface area contributed by atoms with Crippen LogP contribution in [0.2, 0.25) is 0 Å². The van der Waals surface area contributed by atoms with Gasteiger partial charge >= 0.3 is 12.1 Å². The number of unbranched alkanes of at least 4 members (excludes halogenated alkanes) is 25. The minimum Gasteiger partial charge on any atom is -0.462 e. The van der Waals surface area contributed by atoms with Gasteiger partial charge in [-0.05, 0) is 83.8 Å². The van der Waals surface area contributed by atoms with Crippen molar-refractivity contribution in [3.05, 3.63) is 20.4 Å². The molecule has 0 aromatic heterocycles. The molecule has 1 aromatic rings. The van der Waals surface area contributed by atoms with E-state index < -0.39 is 17.0 Å². The number of esters is 1. The summed E-state index contributed by atoms with van der Waals surface area (Å²) < 4.78 is 16.6. The van der Waals surface area contributed by atoms with Crippen molar-refractivity contribution >= 4 is 23.5 Å². The number of anilines is 2. The summed E-state index contributed by atoms with van der Waals surface area (Å²) >= 11 is 0. The van der Waals surface area contributed by atoms with E-state index >= 15 is 0 Å². The standard InChI is InChI=1S/C51H95N3O7/c1-5-8-11-14-17-18-19-26-33-43-59-51(58)60-44-34-27-25-32-41-54(42-35-39-53-48-47(52-4)49(56)50(48)57)40-31-24-20-23-30-38-46(55)61-45(36-28-21-15-12-9-6-2)37-29-22-16-13-10-7-3/h45,52-53H,5-44H2,1-4H3. The molecule has 356 valence electrons. The van der Waals surface area contributed by atoms with E-state index in [0.29, 0.717) is 37.6 Å². The number of hydrogen-bond donors (Lipinski definition) is 2. The van der Waals surface area contributed by atoms with Gasteiger partial charge in [-0.2, -0.15) is 0 Å². The van der Waals surface area contributed by atoms with Crippen LogP contribution in [0.5, 0.6) is 0 Å². The monoisotopic (exact) mass is 862 g/mol. The zero-order chi connectivity index (χ0) is 44.4. The Bertz CT molecular complexity index is 1220. The lowest BCUT2D eigenvalue weighted by atomic mass is 10.0. The summed E-state index contributed by atoms with van der Waals surface area (Å²) in [6, 6.07) is 0. The van der Waals surface area contributed by atoms with Crippen LogP contribution in [0.4, 0.5) is 16.2 Å². The molecule has 1 rings (SSSR count). The van der Waals surface area contributed by atoms with Gasteiger partial charge in [-0.3, -0.25) is 14.4 Å². The summed E-state index contributed by atoms with van der Waals surface area (Å²) in [4.78, 5) is 51.1. The third kappa shape index (κ3) is 31.8.